The first kappa shape index (κ1) is 96.1. The third-order valence-corrected chi connectivity index (χ3v) is 23.9. The predicted octanol–water partition coefficient (Wildman–Crippen LogP) is 23.1. The number of para-hydroxylation sites is 10. The van der Waals surface area contributed by atoms with Crippen LogP contribution in [0, 0.1) is 63.6 Å². The number of nitrogens with one attached hydrogen (secondary N) is 5. The number of nitriles is 5. The largest absolute Gasteiger partial charge is 0.311 e. The molecule has 0 bridgehead atoms. The van der Waals surface area contributed by atoms with Crippen molar-refractivity contribution < 1.29 is 24.0 Å². The van der Waals surface area contributed by atoms with Gasteiger partial charge in [-0.15, -0.1) is 0 Å². The minimum absolute atomic E-state index is 0.216. The number of rotatable bonds is 23. The Bertz CT molecular complexity index is 8450. The number of aryl methyl sites for hydroxylation is 5. The molecule has 32 heteroatoms. The molecule has 0 radical (unpaired) electrons. The van der Waals surface area contributed by atoms with Crippen LogP contribution in [0.25, 0.3) is 111 Å². The van der Waals surface area contributed by atoms with E-state index in [2.05, 4.69) is 115 Å². The summed E-state index contributed by atoms with van der Waals surface area (Å²) >= 11 is 12.4. The van der Waals surface area contributed by atoms with E-state index >= 15 is 0 Å². The van der Waals surface area contributed by atoms with Gasteiger partial charge in [-0.1, -0.05) is 228 Å². The van der Waals surface area contributed by atoms with Crippen LogP contribution in [0.2, 0.25) is 10.0 Å². The second-order valence-corrected chi connectivity index (χ2v) is 33.7. The molecule has 0 atom stereocenters. The average Bonchev–Trinajstić information content (AvgIpc) is 1.63. The van der Waals surface area contributed by atoms with Gasteiger partial charge in [-0.25, -0.2) is 49.8 Å². The molecule has 0 fully saturated rings. The lowest BCUT2D eigenvalue weighted by molar-refractivity contribution is -0.114. The molecule has 20 aromatic rings. The predicted molar refractivity (Wildman–Crippen MR) is 551 cm³/mol. The molecule has 696 valence electrons. The third-order valence-electron chi connectivity index (χ3n) is 23.2. The molecular weight excluding hydrogens is 1810 g/mol. The number of amides is 5. The summed E-state index contributed by atoms with van der Waals surface area (Å²) in [5.41, 5.74) is 18.2. The number of unbranched alkanes of at least 4 members (excludes halogenated alkanes) is 4. The minimum Gasteiger partial charge on any atom is -0.311 e. The van der Waals surface area contributed by atoms with Gasteiger partial charge in [0.25, 0.3) is 23.6 Å². The Kier molecular flexibility index (Phi) is 30.1. The van der Waals surface area contributed by atoms with Crippen LogP contribution in [-0.4, -0.2) is 102 Å². The van der Waals surface area contributed by atoms with Crippen LogP contribution < -0.4 is 26.6 Å². The highest BCUT2D eigenvalue weighted by Crippen LogP contribution is 2.38. The van der Waals surface area contributed by atoms with Gasteiger partial charge in [-0.2, -0.15) is 26.3 Å². The molecule has 10 aromatic heterocycles. The summed E-state index contributed by atoms with van der Waals surface area (Å²) in [7, 11) is 0. The van der Waals surface area contributed by atoms with E-state index in [9.17, 15) is 50.3 Å². The van der Waals surface area contributed by atoms with E-state index in [1.54, 1.807) is 72.8 Å². The van der Waals surface area contributed by atoms with E-state index in [0.717, 1.165) is 101 Å². The highest BCUT2D eigenvalue weighted by molar-refractivity contribution is 6.35. The number of nitrogens with zero attached hydrogens (tertiary/aromatic N) is 20. The van der Waals surface area contributed by atoms with Gasteiger partial charge >= 0.3 is 0 Å². The average molecular weight is 1900 g/mol. The van der Waals surface area contributed by atoms with Crippen molar-refractivity contribution in [3.8, 4) is 30.3 Å². The molecule has 5 N–H and O–H groups in total. The van der Waals surface area contributed by atoms with Crippen molar-refractivity contribution in [3.05, 3.63) is 326 Å². The van der Waals surface area contributed by atoms with Crippen molar-refractivity contribution >= 4 is 193 Å². The van der Waals surface area contributed by atoms with Gasteiger partial charge in [0.2, 0.25) is 5.91 Å². The molecule has 5 amide bonds. The SMILES string of the molecule is CCCCn1c(NC(=O)c2ccc(C)cc2)c(C#N)c2nc3ccccc3nc21.CCCCn1c(NC(=O)c2ccccc2)c(C#N)c2nc3ccccc3nc21.CCCCn1c(NC(=O)c2ccccc2Cl)c(C#N)c2nc3ccccc3nc21.CCCCn1c(NC(C)=O)c(C#N)c2nc3ccccc3nc21.N#Cc1c(NC(=O)c2ccccc2Cl)n(Cc2ccccc2)c2nc3ccccc3nc12. The molecule has 0 saturated carbocycles. The van der Waals surface area contributed by atoms with Crippen molar-refractivity contribution in [1.82, 2.24) is 72.7 Å². The molecule has 0 saturated heterocycles. The molecule has 30 nitrogen and oxygen atoms in total. The van der Waals surface area contributed by atoms with Crippen molar-refractivity contribution in [1.29, 1.82) is 26.3 Å². The fraction of sp³-hybridized carbons (Fsp3) is 0.174. The van der Waals surface area contributed by atoms with E-state index in [1.807, 2.05) is 212 Å². The van der Waals surface area contributed by atoms with Crippen LogP contribution in [-0.2, 0) is 37.5 Å². The summed E-state index contributed by atoms with van der Waals surface area (Å²) in [6.07, 6.45) is 7.52. The molecular formula is C109H91Cl2N25O5. The lowest BCUT2D eigenvalue weighted by Gasteiger charge is -2.12. The molecule has 10 heterocycles. The second kappa shape index (κ2) is 44.2. The monoisotopic (exact) mass is 1900 g/mol. The van der Waals surface area contributed by atoms with E-state index in [1.165, 1.54) is 6.92 Å². The Balaban J connectivity index is 0.000000127. The third kappa shape index (κ3) is 20.7. The van der Waals surface area contributed by atoms with E-state index in [-0.39, 0.29) is 29.2 Å². The van der Waals surface area contributed by atoms with Crippen LogP contribution in [0.15, 0.2) is 255 Å². The zero-order valence-electron chi connectivity index (χ0n) is 77.7. The summed E-state index contributed by atoms with van der Waals surface area (Å²) in [5.74, 6) is 0.611. The second-order valence-electron chi connectivity index (χ2n) is 32.9. The van der Waals surface area contributed by atoms with E-state index in [0.29, 0.717) is 189 Å². The van der Waals surface area contributed by atoms with Crippen LogP contribution in [0.5, 0.6) is 0 Å². The van der Waals surface area contributed by atoms with Crippen LogP contribution in [0.4, 0.5) is 29.1 Å². The Morgan fingerprint density at radius 1 is 0.284 bits per heavy atom. The molecule has 141 heavy (non-hydrogen) atoms. The van der Waals surface area contributed by atoms with Gasteiger partial charge in [0.1, 0.15) is 115 Å². The number of benzene rings is 10. The standard InChI is InChI=1S/C25H16ClN5O.C23H21N5O.C22H18ClN5O.C22H19N5O.C17H17N5O/c26-19-11-5-4-10-17(19)25(32)30-23-18(14-27)22-24(29-21-13-7-6-12-20(21)28-22)31(23)15-16-8-2-1-3-9-16;1-3-4-13-28-21(27-23(29)16-11-9-15(2)10-12-16)17(14-24)20-22(28)26-19-8-6-5-7-18(19)25-20;1-2-3-12-28-20(27-22(29)14-8-4-5-9-16(14)23)15(13-24)19-21(28)26-18-11-7-6-10-17(18)25-19;1-2-3-13-27-20(26-22(28)15-9-5-4-6-10-15)16(14-23)19-21(27)25-18-12-8-7-11-17(18)24-19;1-3-4-9-22-16(19-11(2)23)12(10-18)15-17(22)21-14-8-6-5-7-13(14)20-15/h1-13H,15H2,(H,30,32);5-12H,3-4,13H2,1-2H3,(H,27,29);4-11H,2-3,12H2,1H3,(H,27,29);4-12H,2-3,13H2,1H3,(H,26,28);5-8H,3-4,9H2,1-2H3,(H,19,23). The number of halogens is 2. The number of hydrogen-bond acceptors (Lipinski definition) is 20. The van der Waals surface area contributed by atoms with Crippen molar-refractivity contribution in [3.63, 3.8) is 0 Å². The Morgan fingerprint density at radius 2 is 0.518 bits per heavy atom. The van der Waals surface area contributed by atoms with E-state index < -0.39 is 5.91 Å². The number of fused-ring (bicyclic) bond motifs is 10. The number of aromatic nitrogens is 15. The summed E-state index contributed by atoms with van der Waals surface area (Å²) in [6, 6.07) is 88.4. The molecule has 0 unspecified atom stereocenters. The topological polar surface area (TPSA) is 418 Å². The van der Waals surface area contributed by atoms with Gasteiger partial charge in [-0.3, -0.25) is 24.0 Å². The van der Waals surface area contributed by atoms with Crippen molar-refractivity contribution in [2.75, 3.05) is 26.6 Å². The van der Waals surface area contributed by atoms with Gasteiger partial charge in [0, 0.05) is 44.2 Å². The molecule has 0 aliphatic carbocycles. The normalized spacial score (nSPS) is 10.9. The Morgan fingerprint density at radius 3 is 0.794 bits per heavy atom. The Hall–Kier alpha value is -18.0. The number of anilines is 5. The smallest absolute Gasteiger partial charge is 0.258 e. The maximum atomic E-state index is 13.1. The first-order chi connectivity index (χ1) is 68.8. The minimum atomic E-state index is -0.409. The number of carbonyl (C=O) groups is 5. The first-order valence-electron chi connectivity index (χ1n) is 45.9. The molecule has 0 aliphatic heterocycles. The highest BCUT2D eigenvalue weighted by Gasteiger charge is 2.30. The van der Waals surface area contributed by atoms with Gasteiger partial charge < -0.3 is 49.4 Å². The maximum Gasteiger partial charge on any atom is 0.258 e. The fourth-order valence-electron chi connectivity index (χ4n) is 16.2. The lowest BCUT2D eigenvalue weighted by atomic mass is 10.1. The zero-order chi connectivity index (χ0) is 98.7. The van der Waals surface area contributed by atoms with Gasteiger partial charge in [-0.05, 0) is 147 Å². The van der Waals surface area contributed by atoms with Crippen molar-refractivity contribution in [2.45, 2.75) is 126 Å². The lowest BCUT2D eigenvalue weighted by Crippen LogP contribution is -2.17. The van der Waals surface area contributed by atoms with Gasteiger partial charge in [0.05, 0.1) is 82.9 Å². The highest BCUT2D eigenvalue weighted by atomic mass is 35.5. The van der Waals surface area contributed by atoms with Crippen LogP contribution in [0.1, 0.15) is 166 Å². The van der Waals surface area contributed by atoms with Crippen LogP contribution in [0.3, 0.4) is 0 Å². The summed E-state index contributed by atoms with van der Waals surface area (Å²) in [6.45, 7) is 14.8. The molecule has 0 spiro atoms. The van der Waals surface area contributed by atoms with Crippen molar-refractivity contribution in [2.24, 2.45) is 0 Å². The molecule has 10 aromatic carbocycles. The van der Waals surface area contributed by atoms with Gasteiger partial charge in [0.15, 0.2) is 28.2 Å². The summed E-state index contributed by atoms with van der Waals surface area (Å²) in [5, 5.41) is 64.2. The summed E-state index contributed by atoms with van der Waals surface area (Å²) < 4.78 is 9.38. The van der Waals surface area contributed by atoms with Crippen LogP contribution >= 0.6 is 23.2 Å². The molecule has 0 aliphatic rings. The maximum absolute atomic E-state index is 13.1. The molecule has 20 rings (SSSR count). The summed E-state index contributed by atoms with van der Waals surface area (Å²) in [4.78, 5) is 110. The fourth-order valence-corrected chi connectivity index (χ4v) is 16.6. The zero-order valence-corrected chi connectivity index (χ0v) is 79.2. The quantitative estimate of drug-likeness (QED) is 0.0397. The Labute approximate surface area is 819 Å². The first-order valence-corrected chi connectivity index (χ1v) is 46.7. The number of carbonyl (C=O) groups excluding carboxylic acids is 5. The van der Waals surface area contributed by atoms with E-state index in [4.69, 9.17) is 43.1 Å². The number of hydrogen-bond donors (Lipinski definition) is 5.